The summed E-state index contributed by atoms with van der Waals surface area (Å²) in [6.07, 6.45) is 5.78. The summed E-state index contributed by atoms with van der Waals surface area (Å²) in [5.41, 5.74) is 1.06. The van der Waals surface area contributed by atoms with E-state index in [4.69, 9.17) is 0 Å². The quantitative estimate of drug-likeness (QED) is 0.671. The van der Waals surface area contributed by atoms with E-state index in [1.165, 1.54) is 5.39 Å². The lowest BCUT2D eigenvalue weighted by atomic mass is 10.2. The van der Waals surface area contributed by atoms with Crippen molar-refractivity contribution in [2.75, 3.05) is 0 Å². The third-order valence-corrected chi connectivity index (χ3v) is 2.67. The van der Waals surface area contributed by atoms with Crippen molar-refractivity contribution in [3.05, 3.63) is 42.6 Å². The van der Waals surface area contributed by atoms with Crippen molar-refractivity contribution in [2.45, 2.75) is 25.7 Å². The van der Waals surface area contributed by atoms with Crippen LogP contribution in [0.3, 0.4) is 0 Å². The summed E-state index contributed by atoms with van der Waals surface area (Å²) in [6.45, 7) is 0. The molecule has 0 N–H and O–H groups in total. The van der Waals surface area contributed by atoms with Gasteiger partial charge in [0.1, 0.15) is 5.78 Å². The second-order valence-electron chi connectivity index (χ2n) is 3.94. The van der Waals surface area contributed by atoms with Gasteiger partial charge in [-0.3, -0.25) is 9.78 Å². The molecular formula is C14H15NO. The minimum atomic E-state index is 0.454. The summed E-state index contributed by atoms with van der Waals surface area (Å²) in [5, 5.41) is 1.20. The Kier molecular flexibility index (Phi) is 3.65. The van der Waals surface area contributed by atoms with Crippen molar-refractivity contribution < 1.29 is 4.79 Å². The van der Waals surface area contributed by atoms with Gasteiger partial charge >= 0.3 is 0 Å². The Labute approximate surface area is 95.3 Å². The first-order valence-corrected chi connectivity index (χ1v) is 5.68. The molecule has 0 atom stereocenters. The number of aromatic nitrogens is 1. The minimum absolute atomic E-state index is 0.454. The predicted octanol–water partition coefficient (Wildman–Crippen LogP) is 3.36. The lowest BCUT2D eigenvalue weighted by molar-refractivity contribution is -0.117. The number of para-hydroxylation sites is 1. The van der Waals surface area contributed by atoms with Crippen molar-refractivity contribution in [1.82, 2.24) is 4.98 Å². The molecule has 1 saturated carbocycles. The molecule has 0 saturated heterocycles. The molecule has 2 nitrogen and oxygen atoms in total. The normalized spacial score (nSPS) is 14.6. The third-order valence-electron chi connectivity index (χ3n) is 2.67. The number of benzene rings is 1. The van der Waals surface area contributed by atoms with Gasteiger partial charge in [0.15, 0.2) is 0 Å². The second kappa shape index (κ2) is 5.40. The van der Waals surface area contributed by atoms with Crippen LogP contribution < -0.4 is 0 Å². The molecule has 0 spiro atoms. The molecule has 3 rings (SSSR count). The molecule has 0 radical (unpaired) electrons. The molecule has 1 fully saturated rings. The smallest absolute Gasteiger partial charge is 0.132 e. The van der Waals surface area contributed by atoms with Gasteiger partial charge in [-0.1, -0.05) is 24.3 Å². The van der Waals surface area contributed by atoms with E-state index in [1.807, 2.05) is 30.5 Å². The van der Waals surface area contributed by atoms with Crippen molar-refractivity contribution >= 4 is 16.7 Å². The lowest BCUT2D eigenvalue weighted by Gasteiger charge is -1.91. The van der Waals surface area contributed by atoms with Gasteiger partial charge in [-0.2, -0.15) is 0 Å². The van der Waals surface area contributed by atoms with Crippen LogP contribution in [0.25, 0.3) is 10.9 Å². The van der Waals surface area contributed by atoms with Crippen molar-refractivity contribution in [3.8, 4) is 0 Å². The van der Waals surface area contributed by atoms with Crippen molar-refractivity contribution in [3.63, 3.8) is 0 Å². The second-order valence-corrected chi connectivity index (χ2v) is 3.94. The van der Waals surface area contributed by atoms with E-state index in [0.29, 0.717) is 5.78 Å². The monoisotopic (exact) mass is 213 g/mol. The molecule has 2 heteroatoms. The van der Waals surface area contributed by atoms with Gasteiger partial charge < -0.3 is 0 Å². The molecule has 0 bridgehead atoms. The highest BCUT2D eigenvalue weighted by Gasteiger charge is 2.07. The van der Waals surface area contributed by atoms with E-state index >= 15 is 0 Å². The van der Waals surface area contributed by atoms with Gasteiger partial charge in [-0.15, -0.1) is 0 Å². The van der Waals surface area contributed by atoms with Crippen LogP contribution in [0.4, 0.5) is 0 Å². The van der Waals surface area contributed by atoms with Gasteiger partial charge in [-0.25, -0.2) is 0 Å². The summed E-state index contributed by atoms with van der Waals surface area (Å²) in [7, 11) is 0. The fourth-order valence-electron chi connectivity index (χ4n) is 1.79. The number of carbonyl (C=O) groups excluding carboxylic acids is 1. The number of carbonyl (C=O) groups is 1. The fourth-order valence-corrected chi connectivity index (χ4v) is 1.79. The van der Waals surface area contributed by atoms with Crippen molar-refractivity contribution in [2.24, 2.45) is 0 Å². The molecule has 0 aliphatic heterocycles. The molecule has 1 aromatic carbocycles. The molecular weight excluding hydrogens is 198 g/mol. The van der Waals surface area contributed by atoms with E-state index in [-0.39, 0.29) is 0 Å². The molecule has 82 valence electrons. The maximum absolute atomic E-state index is 10.2. The summed E-state index contributed by atoms with van der Waals surface area (Å²) in [4.78, 5) is 14.4. The van der Waals surface area contributed by atoms with Gasteiger partial charge in [0.25, 0.3) is 0 Å². The molecule has 0 unspecified atom stereocenters. The maximum Gasteiger partial charge on any atom is 0.132 e. The number of hydrogen-bond donors (Lipinski definition) is 0. The molecule has 1 aliphatic rings. The number of Topliss-reactive ketones (excluding diaryl/α,β-unsaturated/α-hetero) is 1. The summed E-state index contributed by atoms with van der Waals surface area (Å²) >= 11 is 0. The zero-order valence-corrected chi connectivity index (χ0v) is 9.23. The standard InChI is InChI=1S/C9H7N.C5H8O/c1-2-6-9-8(4-1)5-3-7-10-9;6-5-3-1-2-4-5/h1-7H;1-4H2. The number of ketones is 1. The number of rotatable bonds is 0. The zero-order chi connectivity index (χ0) is 11.2. The predicted molar refractivity (Wildman–Crippen MR) is 65.2 cm³/mol. The van der Waals surface area contributed by atoms with E-state index < -0.39 is 0 Å². The number of nitrogens with zero attached hydrogens (tertiary/aromatic N) is 1. The largest absolute Gasteiger partial charge is 0.300 e. The third kappa shape index (κ3) is 2.89. The highest BCUT2D eigenvalue weighted by molar-refractivity contribution is 5.80. The first-order valence-electron chi connectivity index (χ1n) is 5.68. The Morgan fingerprint density at radius 3 is 2.25 bits per heavy atom. The molecule has 1 aliphatic carbocycles. The minimum Gasteiger partial charge on any atom is -0.300 e. The summed E-state index contributed by atoms with van der Waals surface area (Å²) in [5.74, 6) is 0.454. The Morgan fingerprint density at radius 1 is 0.938 bits per heavy atom. The highest BCUT2D eigenvalue weighted by Crippen LogP contribution is 2.11. The van der Waals surface area contributed by atoms with E-state index in [1.54, 1.807) is 0 Å². The average molecular weight is 213 g/mol. The van der Waals surface area contributed by atoms with Crippen LogP contribution in [0.2, 0.25) is 0 Å². The molecule has 2 aromatic rings. The van der Waals surface area contributed by atoms with Gasteiger partial charge in [0.2, 0.25) is 0 Å². The van der Waals surface area contributed by atoms with Gasteiger partial charge in [-0.05, 0) is 25.0 Å². The molecule has 0 amide bonds. The van der Waals surface area contributed by atoms with Gasteiger partial charge in [0.05, 0.1) is 5.52 Å². The average Bonchev–Trinajstić information content (AvgIpc) is 2.81. The van der Waals surface area contributed by atoms with Crippen LogP contribution in [-0.4, -0.2) is 10.8 Å². The zero-order valence-electron chi connectivity index (χ0n) is 9.23. The Morgan fingerprint density at radius 2 is 1.62 bits per heavy atom. The number of pyridine rings is 1. The Bertz CT molecular complexity index is 405. The first kappa shape index (κ1) is 10.8. The van der Waals surface area contributed by atoms with Crippen molar-refractivity contribution in [1.29, 1.82) is 0 Å². The van der Waals surface area contributed by atoms with Gasteiger partial charge in [0, 0.05) is 24.4 Å². The van der Waals surface area contributed by atoms with Crippen LogP contribution in [0.15, 0.2) is 42.6 Å². The number of fused-ring (bicyclic) bond motifs is 1. The Hall–Kier alpha value is -1.70. The van der Waals surface area contributed by atoms with Crippen LogP contribution >= 0.6 is 0 Å². The van der Waals surface area contributed by atoms with Crippen LogP contribution in [-0.2, 0) is 4.79 Å². The van der Waals surface area contributed by atoms with Crippen LogP contribution in [0, 0.1) is 0 Å². The van der Waals surface area contributed by atoms with Crippen LogP contribution in [0.5, 0.6) is 0 Å². The number of hydrogen-bond acceptors (Lipinski definition) is 2. The molecule has 1 heterocycles. The SMILES string of the molecule is O=C1CCCC1.c1ccc2ncccc2c1. The van der Waals surface area contributed by atoms with Crippen LogP contribution in [0.1, 0.15) is 25.7 Å². The highest BCUT2D eigenvalue weighted by atomic mass is 16.1. The first-order chi connectivity index (χ1) is 7.86. The van der Waals surface area contributed by atoms with E-state index in [0.717, 1.165) is 31.2 Å². The van der Waals surface area contributed by atoms with E-state index in [2.05, 4.69) is 17.1 Å². The lowest BCUT2D eigenvalue weighted by Crippen LogP contribution is -1.81. The van der Waals surface area contributed by atoms with E-state index in [9.17, 15) is 4.79 Å². The fraction of sp³-hybridized carbons (Fsp3) is 0.286. The summed E-state index contributed by atoms with van der Waals surface area (Å²) < 4.78 is 0. The Balaban J connectivity index is 0.000000138. The topological polar surface area (TPSA) is 30.0 Å². The maximum atomic E-state index is 10.2. The summed E-state index contributed by atoms with van der Waals surface area (Å²) in [6, 6.07) is 12.1. The molecule has 16 heavy (non-hydrogen) atoms. The molecule has 1 aromatic heterocycles.